The highest BCUT2D eigenvalue weighted by Crippen LogP contribution is 2.20. The highest BCUT2D eigenvalue weighted by molar-refractivity contribution is 6.15. The molecule has 3 aromatic rings. The van der Waals surface area contributed by atoms with Crippen molar-refractivity contribution < 1.29 is 14.3 Å². The molecule has 0 aromatic heterocycles. The summed E-state index contributed by atoms with van der Waals surface area (Å²) in [5.74, 6) is -0.656. The van der Waals surface area contributed by atoms with E-state index in [4.69, 9.17) is 4.74 Å². The molecule has 0 fully saturated rings. The van der Waals surface area contributed by atoms with E-state index in [-0.39, 0.29) is 12.4 Å². The molecule has 0 N–H and O–H groups in total. The molecule has 0 amide bonds. The first-order valence-electron chi connectivity index (χ1n) is 7.50. The van der Waals surface area contributed by atoms with Crippen molar-refractivity contribution in [3.63, 3.8) is 0 Å². The highest BCUT2D eigenvalue weighted by atomic mass is 16.5. The first-order valence-corrected chi connectivity index (χ1v) is 7.50. The van der Waals surface area contributed by atoms with E-state index in [1.807, 2.05) is 36.4 Å². The number of ether oxygens (including phenoxy) is 1. The summed E-state index contributed by atoms with van der Waals surface area (Å²) in [7, 11) is 0. The summed E-state index contributed by atoms with van der Waals surface area (Å²) in [6.45, 7) is 2.02. The number of carbonyl (C=O) groups is 2. The van der Waals surface area contributed by atoms with Crippen LogP contribution in [0, 0.1) is 0 Å². The average Bonchev–Trinajstić information content (AvgIpc) is 2.61. The summed E-state index contributed by atoms with van der Waals surface area (Å²) in [5.41, 5.74) is 1.22. The van der Waals surface area contributed by atoms with Crippen molar-refractivity contribution in [2.45, 2.75) is 6.92 Å². The van der Waals surface area contributed by atoms with Gasteiger partial charge in [-0.15, -0.1) is 0 Å². The van der Waals surface area contributed by atoms with Crippen LogP contribution in [0.2, 0.25) is 0 Å². The Morgan fingerprint density at radius 3 is 2.22 bits per heavy atom. The highest BCUT2D eigenvalue weighted by Gasteiger charge is 2.18. The second kappa shape index (κ2) is 6.44. The molecular formula is C20H16O3. The quantitative estimate of drug-likeness (QED) is 0.534. The molecule has 0 unspecified atom stereocenters. The van der Waals surface area contributed by atoms with E-state index in [2.05, 4.69) is 0 Å². The lowest BCUT2D eigenvalue weighted by Crippen LogP contribution is -2.12. The summed E-state index contributed by atoms with van der Waals surface area (Å²) in [6.07, 6.45) is 0. The van der Waals surface area contributed by atoms with Crippen molar-refractivity contribution in [2.75, 3.05) is 6.61 Å². The van der Waals surface area contributed by atoms with Crippen molar-refractivity contribution in [3.8, 4) is 0 Å². The van der Waals surface area contributed by atoms with Crippen LogP contribution in [0.4, 0.5) is 0 Å². The van der Waals surface area contributed by atoms with Gasteiger partial charge in [-0.05, 0) is 29.8 Å². The van der Waals surface area contributed by atoms with Gasteiger partial charge in [0.15, 0.2) is 5.78 Å². The van der Waals surface area contributed by atoms with Crippen LogP contribution in [0.1, 0.15) is 33.2 Å². The second-order valence-corrected chi connectivity index (χ2v) is 5.16. The van der Waals surface area contributed by atoms with Gasteiger partial charge in [-0.1, -0.05) is 54.6 Å². The Morgan fingerprint density at radius 2 is 1.48 bits per heavy atom. The molecule has 0 saturated carbocycles. The van der Waals surface area contributed by atoms with Gasteiger partial charge in [0.1, 0.15) is 0 Å². The Hall–Kier alpha value is -2.94. The first kappa shape index (κ1) is 15.0. The SMILES string of the molecule is CCOC(=O)c1ccccc1C(=O)c1ccc2ccccc2c1. The number of carbonyl (C=O) groups excluding carboxylic acids is 2. The smallest absolute Gasteiger partial charge is 0.338 e. The third-order valence-corrected chi connectivity index (χ3v) is 3.68. The molecule has 0 aliphatic rings. The van der Waals surface area contributed by atoms with E-state index in [0.717, 1.165) is 10.8 Å². The zero-order valence-corrected chi connectivity index (χ0v) is 12.8. The lowest BCUT2D eigenvalue weighted by molar-refractivity contribution is 0.0523. The third-order valence-electron chi connectivity index (χ3n) is 3.68. The Labute approximate surface area is 134 Å². The molecular weight excluding hydrogens is 288 g/mol. The van der Waals surface area contributed by atoms with E-state index in [9.17, 15) is 9.59 Å². The van der Waals surface area contributed by atoms with Gasteiger partial charge in [0.05, 0.1) is 12.2 Å². The van der Waals surface area contributed by atoms with Crippen LogP contribution in [-0.4, -0.2) is 18.4 Å². The predicted octanol–water partition coefficient (Wildman–Crippen LogP) is 4.25. The molecule has 3 aromatic carbocycles. The molecule has 3 heteroatoms. The normalized spacial score (nSPS) is 10.5. The van der Waals surface area contributed by atoms with Crippen molar-refractivity contribution in [2.24, 2.45) is 0 Å². The van der Waals surface area contributed by atoms with Gasteiger partial charge < -0.3 is 4.74 Å². The summed E-state index contributed by atoms with van der Waals surface area (Å²) < 4.78 is 5.03. The van der Waals surface area contributed by atoms with E-state index < -0.39 is 5.97 Å². The fraction of sp³-hybridized carbons (Fsp3) is 0.100. The molecule has 0 aliphatic heterocycles. The van der Waals surface area contributed by atoms with Gasteiger partial charge in [0, 0.05) is 11.1 Å². The Bertz CT molecular complexity index is 881. The maximum atomic E-state index is 12.8. The lowest BCUT2D eigenvalue weighted by Gasteiger charge is -2.08. The molecule has 0 aliphatic carbocycles. The molecule has 0 bridgehead atoms. The summed E-state index contributed by atoms with van der Waals surface area (Å²) in [5, 5.41) is 2.06. The standard InChI is InChI=1S/C20H16O3/c1-2-23-20(22)18-10-6-5-9-17(18)19(21)16-12-11-14-7-3-4-8-15(14)13-16/h3-13H,2H2,1H3. The molecule has 23 heavy (non-hydrogen) atoms. The van der Waals surface area contributed by atoms with Crippen LogP contribution < -0.4 is 0 Å². The van der Waals surface area contributed by atoms with Gasteiger partial charge in [0.25, 0.3) is 0 Å². The first-order chi connectivity index (χ1) is 11.2. The molecule has 0 atom stereocenters. The maximum absolute atomic E-state index is 12.8. The van der Waals surface area contributed by atoms with Crippen molar-refractivity contribution in [1.82, 2.24) is 0 Å². The number of rotatable bonds is 4. The number of esters is 1. The van der Waals surface area contributed by atoms with Gasteiger partial charge in [-0.3, -0.25) is 4.79 Å². The number of hydrogen-bond donors (Lipinski definition) is 0. The van der Waals surface area contributed by atoms with Crippen molar-refractivity contribution >= 4 is 22.5 Å². The van der Waals surface area contributed by atoms with E-state index in [1.54, 1.807) is 37.3 Å². The molecule has 0 radical (unpaired) electrons. The molecule has 3 rings (SSSR count). The third kappa shape index (κ3) is 2.99. The van der Waals surface area contributed by atoms with Crippen molar-refractivity contribution in [1.29, 1.82) is 0 Å². The lowest BCUT2D eigenvalue weighted by atomic mass is 9.96. The number of fused-ring (bicyclic) bond motifs is 1. The van der Waals surface area contributed by atoms with Gasteiger partial charge in [0.2, 0.25) is 0 Å². The molecule has 0 heterocycles. The van der Waals surface area contributed by atoms with Crippen LogP contribution in [0.3, 0.4) is 0 Å². The minimum atomic E-state index is -0.475. The number of benzene rings is 3. The molecule has 0 spiro atoms. The number of ketones is 1. The monoisotopic (exact) mass is 304 g/mol. The second-order valence-electron chi connectivity index (χ2n) is 5.16. The van der Waals surface area contributed by atoms with Gasteiger partial charge in [-0.25, -0.2) is 4.79 Å². The molecule has 114 valence electrons. The fourth-order valence-corrected chi connectivity index (χ4v) is 2.55. The van der Waals surface area contributed by atoms with Gasteiger partial charge >= 0.3 is 5.97 Å². The van der Waals surface area contributed by atoms with Crippen LogP contribution in [-0.2, 0) is 4.74 Å². The minimum absolute atomic E-state index is 0.181. The zero-order valence-electron chi connectivity index (χ0n) is 12.8. The Kier molecular flexibility index (Phi) is 4.20. The van der Waals surface area contributed by atoms with Gasteiger partial charge in [-0.2, -0.15) is 0 Å². The zero-order chi connectivity index (χ0) is 16.2. The van der Waals surface area contributed by atoms with Crippen LogP contribution >= 0.6 is 0 Å². The van der Waals surface area contributed by atoms with Crippen LogP contribution in [0.15, 0.2) is 66.7 Å². The van der Waals surface area contributed by atoms with E-state index >= 15 is 0 Å². The van der Waals surface area contributed by atoms with E-state index in [1.165, 1.54) is 0 Å². The predicted molar refractivity (Wildman–Crippen MR) is 89.8 cm³/mol. The van der Waals surface area contributed by atoms with Crippen molar-refractivity contribution in [3.05, 3.63) is 83.4 Å². The fourth-order valence-electron chi connectivity index (χ4n) is 2.55. The van der Waals surface area contributed by atoms with Crippen LogP contribution in [0.25, 0.3) is 10.8 Å². The summed E-state index contributed by atoms with van der Waals surface area (Å²) in [4.78, 5) is 24.9. The molecule has 3 nitrogen and oxygen atoms in total. The maximum Gasteiger partial charge on any atom is 0.338 e. The minimum Gasteiger partial charge on any atom is -0.462 e. The Balaban J connectivity index is 2.04. The largest absolute Gasteiger partial charge is 0.462 e. The number of hydrogen-bond acceptors (Lipinski definition) is 3. The average molecular weight is 304 g/mol. The van der Waals surface area contributed by atoms with E-state index in [0.29, 0.717) is 16.7 Å². The topological polar surface area (TPSA) is 43.4 Å². The van der Waals surface area contributed by atoms with Crippen LogP contribution in [0.5, 0.6) is 0 Å². The Morgan fingerprint density at radius 1 is 0.826 bits per heavy atom. The summed E-state index contributed by atoms with van der Waals surface area (Å²) in [6, 6.07) is 20.1. The summed E-state index contributed by atoms with van der Waals surface area (Å²) >= 11 is 0. The molecule has 0 saturated heterocycles.